The molecule has 1 N–H and O–H groups in total. The number of hydrogen-bond acceptors (Lipinski definition) is 4. The van der Waals surface area contributed by atoms with Crippen molar-refractivity contribution in [1.29, 1.82) is 0 Å². The number of carbonyl (C=O) groups is 1. The van der Waals surface area contributed by atoms with Gasteiger partial charge in [0, 0.05) is 24.6 Å². The summed E-state index contributed by atoms with van der Waals surface area (Å²) in [5, 5.41) is 3.22. The fraction of sp³-hybridized carbons (Fsp3) is 0.909. The van der Waals surface area contributed by atoms with E-state index in [9.17, 15) is 13.2 Å². The van der Waals surface area contributed by atoms with E-state index in [0.29, 0.717) is 12.8 Å². The second kappa shape index (κ2) is 5.27. The molecule has 4 nitrogen and oxygen atoms in total. The number of sulfone groups is 1. The molecule has 0 saturated carbocycles. The highest BCUT2D eigenvalue weighted by atomic mass is 32.2. The molecular formula is C11H21NO3S. The molecule has 94 valence electrons. The number of rotatable bonds is 5. The van der Waals surface area contributed by atoms with Gasteiger partial charge in [-0.1, -0.05) is 6.92 Å². The Morgan fingerprint density at radius 1 is 1.44 bits per heavy atom. The summed E-state index contributed by atoms with van der Waals surface area (Å²) in [5.41, 5.74) is -0.282. The number of nitrogens with one attached hydrogen (secondary N) is 1. The van der Waals surface area contributed by atoms with Gasteiger partial charge in [-0.05, 0) is 25.8 Å². The van der Waals surface area contributed by atoms with Crippen LogP contribution < -0.4 is 5.32 Å². The SMILES string of the molecule is CC1(C(=O)CCCS(C)(=O)=O)CCCNC1. The van der Waals surface area contributed by atoms with Crippen molar-refractivity contribution in [3.05, 3.63) is 0 Å². The van der Waals surface area contributed by atoms with E-state index < -0.39 is 9.84 Å². The van der Waals surface area contributed by atoms with Gasteiger partial charge in [0.25, 0.3) is 0 Å². The van der Waals surface area contributed by atoms with Gasteiger partial charge in [0.05, 0.1) is 5.75 Å². The summed E-state index contributed by atoms with van der Waals surface area (Å²) >= 11 is 0. The minimum atomic E-state index is -2.94. The zero-order valence-electron chi connectivity index (χ0n) is 10.1. The lowest BCUT2D eigenvalue weighted by molar-refractivity contribution is -0.128. The first-order chi connectivity index (χ1) is 7.33. The Balaban J connectivity index is 2.39. The summed E-state index contributed by atoms with van der Waals surface area (Å²) in [6.45, 7) is 3.68. The maximum absolute atomic E-state index is 12.0. The van der Waals surface area contributed by atoms with E-state index in [4.69, 9.17) is 0 Å². The monoisotopic (exact) mass is 247 g/mol. The van der Waals surface area contributed by atoms with Crippen LogP contribution in [0.2, 0.25) is 0 Å². The third kappa shape index (κ3) is 4.22. The van der Waals surface area contributed by atoms with Crippen LogP contribution in [0.1, 0.15) is 32.6 Å². The van der Waals surface area contributed by atoms with Crippen molar-refractivity contribution in [2.75, 3.05) is 25.1 Å². The first-order valence-electron chi connectivity index (χ1n) is 5.75. The summed E-state index contributed by atoms with van der Waals surface area (Å²) in [5.74, 6) is 0.311. The summed E-state index contributed by atoms with van der Waals surface area (Å²) in [6, 6.07) is 0. The predicted molar refractivity (Wildman–Crippen MR) is 64.2 cm³/mol. The molecule has 0 aromatic heterocycles. The van der Waals surface area contributed by atoms with Gasteiger partial charge in [-0.15, -0.1) is 0 Å². The third-order valence-electron chi connectivity index (χ3n) is 3.19. The van der Waals surface area contributed by atoms with Crippen molar-refractivity contribution >= 4 is 15.6 Å². The summed E-state index contributed by atoms with van der Waals surface area (Å²) in [4.78, 5) is 12.0. The molecule has 1 rings (SSSR count). The van der Waals surface area contributed by atoms with Gasteiger partial charge in [-0.3, -0.25) is 4.79 Å². The van der Waals surface area contributed by atoms with Crippen molar-refractivity contribution < 1.29 is 13.2 Å². The Labute approximate surface area is 97.7 Å². The van der Waals surface area contributed by atoms with Crippen LogP contribution in [0.4, 0.5) is 0 Å². The van der Waals surface area contributed by atoms with Crippen LogP contribution >= 0.6 is 0 Å². The van der Waals surface area contributed by atoms with Crippen LogP contribution in [0.3, 0.4) is 0 Å². The van der Waals surface area contributed by atoms with Crippen LogP contribution in [0.15, 0.2) is 0 Å². The Morgan fingerprint density at radius 3 is 2.62 bits per heavy atom. The Bertz CT molecular complexity index is 342. The second-order valence-electron chi connectivity index (χ2n) is 5.00. The molecule has 1 heterocycles. The van der Waals surface area contributed by atoms with Gasteiger partial charge >= 0.3 is 0 Å². The van der Waals surface area contributed by atoms with Crippen molar-refractivity contribution in [2.24, 2.45) is 5.41 Å². The van der Waals surface area contributed by atoms with Crippen LogP contribution in [-0.2, 0) is 14.6 Å². The second-order valence-corrected chi connectivity index (χ2v) is 7.26. The molecule has 0 aromatic carbocycles. The number of Topliss-reactive ketones (excluding diaryl/α,β-unsaturated/α-hetero) is 1. The minimum absolute atomic E-state index is 0.113. The standard InChI is InChI=1S/C11H21NO3S/c1-11(6-4-7-12-9-11)10(13)5-3-8-16(2,14)15/h12H,3-9H2,1-2H3. The number of piperidine rings is 1. The lowest BCUT2D eigenvalue weighted by Crippen LogP contribution is -2.43. The summed E-state index contributed by atoms with van der Waals surface area (Å²) in [7, 11) is -2.94. The van der Waals surface area contributed by atoms with Gasteiger partial charge in [0.2, 0.25) is 0 Å². The lowest BCUT2D eigenvalue weighted by Gasteiger charge is -2.32. The molecule has 0 spiro atoms. The molecule has 0 radical (unpaired) electrons. The topological polar surface area (TPSA) is 63.2 Å². The van der Waals surface area contributed by atoms with Crippen molar-refractivity contribution in [3.63, 3.8) is 0 Å². The molecule has 1 fully saturated rings. The smallest absolute Gasteiger partial charge is 0.147 e. The van der Waals surface area contributed by atoms with E-state index in [1.165, 1.54) is 6.26 Å². The van der Waals surface area contributed by atoms with Crippen LogP contribution in [0.5, 0.6) is 0 Å². The van der Waals surface area contributed by atoms with Crippen LogP contribution in [-0.4, -0.2) is 39.3 Å². The normalized spacial score (nSPS) is 26.6. The first-order valence-corrected chi connectivity index (χ1v) is 7.81. The minimum Gasteiger partial charge on any atom is -0.316 e. The van der Waals surface area contributed by atoms with E-state index in [0.717, 1.165) is 25.9 Å². The molecule has 0 amide bonds. The highest BCUT2D eigenvalue weighted by molar-refractivity contribution is 7.90. The lowest BCUT2D eigenvalue weighted by atomic mass is 9.77. The number of hydrogen-bond donors (Lipinski definition) is 1. The van der Waals surface area contributed by atoms with E-state index in [2.05, 4.69) is 5.32 Å². The predicted octanol–water partition coefficient (Wildman–Crippen LogP) is 0.770. The van der Waals surface area contributed by atoms with Gasteiger partial charge in [-0.2, -0.15) is 0 Å². The quantitative estimate of drug-likeness (QED) is 0.779. The van der Waals surface area contributed by atoms with Crippen molar-refractivity contribution in [3.8, 4) is 0 Å². The summed E-state index contributed by atoms with van der Waals surface area (Å²) < 4.78 is 21.9. The molecule has 16 heavy (non-hydrogen) atoms. The highest BCUT2D eigenvalue weighted by Gasteiger charge is 2.33. The van der Waals surface area contributed by atoms with E-state index in [1.54, 1.807) is 0 Å². The molecule has 1 aliphatic heterocycles. The zero-order chi connectivity index (χ0) is 12.2. The fourth-order valence-electron chi connectivity index (χ4n) is 2.09. The molecule has 5 heteroatoms. The molecular weight excluding hydrogens is 226 g/mol. The Morgan fingerprint density at radius 2 is 2.12 bits per heavy atom. The van der Waals surface area contributed by atoms with Crippen molar-refractivity contribution in [2.45, 2.75) is 32.6 Å². The highest BCUT2D eigenvalue weighted by Crippen LogP contribution is 2.28. The maximum Gasteiger partial charge on any atom is 0.147 e. The molecule has 1 saturated heterocycles. The van der Waals surface area contributed by atoms with Gasteiger partial charge in [0.15, 0.2) is 0 Å². The van der Waals surface area contributed by atoms with Gasteiger partial charge < -0.3 is 5.32 Å². The van der Waals surface area contributed by atoms with E-state index >= 15 is 0 Å². The fourth-order valence-corrected chi connectivity index (χ4v) is 2.76. The molecule has 1 aliphatic rings. The molecule has 0 aliphatic carbocycles. The number of ketones is 1. The average molecular weight is 247 g/mol. The Kier molecular flexibility index (Phi) is 4.50. The van der Waals surface area contributed by atoms with Crippen LogP contribution in [0, 0.1) is 5.41 Å². The van der Waals surface area contributed by atoms with E-state index in [-0.39, 0.29) is 17.0 Å². The average Bonchev–Trinajstić information content (AvgIpc) is 2.16. The number of carbonyl (C=O) groups excluding carboxylic acids is 1. The molecule has 1 unspecified atom stereocenters. The first kappa shape index (κ1) is 13.6. The summed E-state index contributed by atoms with van der Waals surface area (Å²) in [6.07, 6.45) is 3.98. The Hall–Kier alpha value is -0.420. The van der Waals surface area contributed by atoms with Crippen LogP contribution in [0.25, 0.3) is 0 Å². The van der Waals surface area contributed by atoms with E-state index in [1.807, 2.05) is 6.92 Å². The molecule has 0 bridgehead atoms. The molecule has 0 aromatic rings. The maximum atomic E-state index is 12.0. The largest absolute Gasteiger partial charge is 0.316 e. The zero-order valence-corrected chi connectivity index (χ0v) is 10.9. The molecule has 1 atom stereocenters. The van der Waals surface area contributed by atoms with Gasteiger partial charge in [-0.25, -0.2) is 8.42 Å². The third-order valence-corrected chi connectivity index (χ3v) is 4.22. The van der Waals surface area contributed by atoms with Crippen molar-refractivity contribution in [1.82, 2.24) is 5.32 Å². The van der Waals surface area contributed by atoms with Gasteiger partial charge in [0.1, 0.15) is 15.6 Å².